The Labute approximate surface area is 156 Å². The molecule has 27 heavy (non-hydrogen) atoms. The highest BCUT2D eigenvalue weighted by Crippen LogP contribution is 2.31. The van der Waals surface area contributed by atoms with Gasteiger partial charge >= 0.3 is 0 Å². The van der Waals surface area contributed by atoms with Crippen molar-refractivity contribution in [1.29, 1.82) is 0 Å². The summed E-state index contributed by atoms with van der Waals surface area (Å²) in [6.07, 6.45) is 2.43. The molecule has 1 aliphatic heterocycles. The average Bonchev–Trinajstić information content (AvgIpc) is 3.30. The molecule has 1 amide bonds. The Kier molecular flexibility index (Phi) is 3.60. The normalized spacial score (nSPS) is 13.7. The zero-order valence-electron chi connectivity index (χ0n) is 15.1. The van der Waals surface area contributed by atoms with Gasteiger partial charge in [-0.2, -0.15) is 5.10 Å². The first kappa shape index (κ1) is 15.9. The highest BCUT2D eigenvalue weighted by atomic mass is 16.3. The number of hydrogen-bond donors (Lipinski definition) is 0. The minimum atomic E-state index is 0.0274. The van der Waals surface area contributed by atoms with Gasteiger partial charge in [0.1, 0.15) is 5.58 Å². The number of aryl methyl sites for hydroxylation is 1. The van der Waals surface area contributed by atoms with Crippen LogP contribution in [0.1, 0.15) is 21.6 Å². The Morgan fingerprint density at radius 3 is 2.78 bits per heavy atom. The van der Waals surface area contributed by atoms with Crippen molar-refractivity contribution in [2.45, 2.75) is 13.0 Å². The van der Waals surface area contributed by atoms with E-state index in [1.54, 1.807) is 6.26 Å². The fourth-order valence-corrected chi connectivity index (χ4v) is 4.00. The minimum Gasteiger partial charge on any atom is -0.464 e. The van der Waals surface area contributed by atoms with E-state index >= 15 is 0 Å². The van der Waals surface area contributed by atoms with Crippen molar-refractivity contribution in [2.75, 3.05) is 6.54 Å². The molecule has 0 saturated heterocycles. The number of carbonyl (C=O) groups is 1. The summed E-state index contributed by atoms with van der Waals surface area (Å²) in [7, 11) is 1.97. The lowest BCUT2D eigenvalue weighted by Crippen LogP contribution is -2.36. The van der Waals surface area contributed by atoms with Crippen LogP contribution in [0.25, 0.3) is 22.2 Å². The van der Waals surface area contributed by atoms with Gasteiger partial charge < -0.3 is 9.32 Å². The predicted octanol–water partition coefficient (Wildman–Crippen LogP) is 4.03. The highest BCUT2D eigenvalue weighted by molar-refractivity contribution is 6.06. The lowest BCUT2D eigenvalue weighted by Gasteiger charge is -2.27. The molecule has 0 radical (unpaired) electrons. The summed E-state index contributed by atoms with van der Waals surface area (Å²) in [5.74, 6) is 0.0274. The van der Waals surface area contributed by atoms with Crippen LogP contribution in [0.15, 0.2) is 65.3 Å². The van der Waals surface area contributed by atoms with Crippen molar-refractivity contribution in [1.82, 2.24) is 14.7 Å². The van der Waals surface area contributed by atoms with E-state index in [0.29, 0.717) is 18.7 Å². The summed E-state index contributed by atoms with van der Waals surface area (Å²) in [5, 5.41) is 5.57. The van der Waals surface area contributed by atoms with Crippen molar-refractivity contribution >= 4 is 16.9 Å². The Morgan fingerprint density at radius 2 is 1.93 bits per heavy atom. The number of benzene rings is 2. The van der Waals surface area contributed by atoms with Crippen LogP contribution in [-0.4, -0.2) is 27.1 Å². The number of nitrogens with zero attached hydrogens (tertiary/aromatic N) is 3. The van der Waals surface area contributed by atoms with Gasteiger partial charge in [0.25, 0.3) is 5.91 Å². The Balaban J connectivity index is 1.49. The summed E-state index contributed by atoms with van der Waals surface area (Å²) < 4.78 is 7.37. The molecule has 0 atom stereocenters. The third-order valence-electron chi connectivity index (χ3n) is 5.26. The Hall–Kier alpha value is -3.34. The summed E-state index contributed by atoms with van der Waals surface area (Å²) in [6.45, 7) is 1.22. The number of carbonyl (C=O) groups excluding carboxylic acids is 1. The van der Waals surface area contributed by atoms with Crippen LogP contribution >= 0.6 is 0 Å². The maximum absolute atomic E-state index is 13.1. The van der Waals surface area contributed by atoms with E-state index in [4.69, 9.17) is 9.52 Å². The van der Waals surface area contributed by atoms with Gasteiger partial charge in [0.15, 0.2) is 0 Å². The van der Waals surface area contributed by atoms with Gasteiger partial charge in [0.2, 0.25) is 0 Å². The fourth-order valence-electron chi connectivity index (χ4n) is 4.00. The van der Waals surface area contributed by atoms with E-state index in [9.17, 15) is 4.79 Å². The molecule has 134 valence electrons. The zero-order valence-corrected chi connectivity index (χ0v) is 15.1. The fraction of sp³-hybridized carbons (Fsp3) is 0.182. The quantitative estimate of drug-likeness (QED) is 0.544. The largest absolute Gasteiger partial charge is 0.464 e. The second-order valence-electron chi connectivity index (χ2n) is 6.88. The first-order valence-corrected chi connectivity index (χ1v) is 9.08. The summed E-state index contributed by atoms with van der Waals surface area (Å²) >= 11 is 0. The second-order valence-corrected chi connectivity index (χ2v) is 6.88. The average molecular weight is 357 g/mol. The van der Waals surface area contributed by atoms with Crippen LogP contribution < -0.4 is 0 Å². The lowest BCUT2D eigenvalue weighted by molar-refractivity contribution is 0.0734. The molecule has 5 nitrogen and oxygen atoms in total. The van der Waals surface area contributed by atoms with E-state index in [1.807, 2.05) is 59.1 Å². The molecule has 2 aromatic carbocycles. The van der Waals surface area contributed by atoms with Gasteiger partial charge in [-0.3, -0.25) is 9.48 Å². The van der Waals surface area contributed by atoms with Crippen molar-refractivity contribution in [3.05, 3.63) is 77.7 Å². The smallest absolute Gasteiger partial charge is 0.254 e. The van der Waals surface area contributed by atoms with E-state index in [2.05, 4.69) is 12.1 Å². The topological polar surface area (TPSA) is 51.3 Å². The first-order valence-electron chi connectivity index (χ1n) is 9.08. The number of amides is 1. The van der Waals surface area contributed by atoms with E-state index in [-0.39, 0.29) is 5.91 Å². The van der Waals surface area contributed by atoms with Crippen LogP contribution in [0, 0.1) is 0 Å². The number of furan rings is 1. The monoisotopic (exact) mass is 357 g/mol. The molecular weight excluding hydrogens is 338 g/mol. The molecule has 4 aromatic rings. The molecule has 1 aliphatic rings. The van der Waals surface area contributed by atoms with Crippen LogP contribution in [0.4, 0.5) is 0 Å². The summed E-state index contributed by atoms with van der Waals surface area (Å²) in [4.78, 5) is 15.0. The molecule has 0 fully saturated rings. The van der Waals surface area contributed by atoms with Gasteiger partial charge in [-0.1, -0.05) is 36.4 Å². The number of aromatic nitrogens is 2. The van der Waals surface area contributed by atoms with Crippen molar-refractivity contribution in [3.8, 4) is 11.3 Å². The van der Waals surface area contributed by atoms with Crippen LogP contribution in [0.2, 0.25) is 0 Å². The molecule has 0 saturated carbocycles. The SMILES string of the molecule is Cn1nc2c(c1-c1ccccc1)CCN(C(=O)c1cccc3occc13)C2. The third-order valence-corrected chi connectivity index (χ3v) is 5.26. The number of rotatable bonds is 2. The maximum Gasteiger partial charge on any atom is 0.254 e. The number of fused-ring (bicyclic) bond motifs is 2. The third kappa shape index (κ3) is 2.54. The van der Waals surface area contributed by atoms with Crippen molar-refractivity contribution in [2.24, 2.45) is 7.05 Å². The lowest BCUT2D eigenvalue weighted by atomic mass is 9.99. The molecule has 0 spiro atoms. The van der Waals surface area contributed by atoms with Gasteiger partial charge in [-0.25, -0.2) is 0 Å². The predicted molar refractivity (Wildman–Crippen MR) is 103 cm³/mol. The summed E-state index contributed by atoms with van der Waals surface area (Å²) in [5.41, 5.74) is 5.96. The zero-order chi connectivity index (χ0) is 18.4. The van der Waals surface area contributed by atoms with E-state index < -0.39 is 0 Å². The first-order chi connectivity index (χ1) is 13.2. The molecule has 0 unspecified atom stereocenters. The molecule has 5 heteroatoms. The van der Waals surface area contributed by atoms with Crippen molar-refractivity contribution in [3.63, 3.8) is 0 Å². The molecule has 0 aliphatic carbocycles. The van der Waals surface area contributed by atoms with Crippen LogP contribution in [0.5, 0.6) is 0 Å². The van der Waals surface area contributed by atoms with Crippen LogP contribution in [-0.2, 0) is 20.0 Å². The van der Waals surface area contributed by atoms with Crippen molar-refractivity contribution < 1.29 is 9.21 Å². The minimum absolute atomic E-state index is 0.0274. The Bertz CT molecular complexity index is 1140. The van der Waals surface area contributed by atoms with Crippen LogP contribution in [0.3, 0.4) is 0 Å². The maximum atomic E-state index is 13.1. The molecule has 0 N–H and O–H groups in total. The highest BCUT2D eigenvalue weighted by Gasteiger charge is 2.28. The molecule has 3 heterocycles. The second kappa shape index (κ2) is 6.13. The van der Waals surface area contributed by atoms with Gasteiger partial charge in [0, 0.05) is 30.1 Å². The number of hydrogen-bond acceptors (Lipinski definition) is 3. The van der Waals surface area contributed by atoms with E-state index in [0.717, 1.165) is 34.3 Å². The molecule has 0 bridgehead atoms. The van der Waals surface area contributed by atoms with Gasteiger partial charge in [0.05, 0.1) is 29.8 Å². The molecular formula is C22H19N3O2. The standard InChI is InChI=1S/C22H19N3O2/c1-24-21(15-6-3-2-4-7-15)18-10-12-25(14-19(18)23-24)22(26)17-8-5-9-20-16(17)11-13-27-20/h2-9,11,13H,10,12,14H2,1H3. The van der Waals surface area contributed by atoms with Gasteiger partial charge in [-0.05, 0) is 24.6 Å². The van der Waals surface area contributed by atoms with E-state index in [1.165, 1.54) is 5.56 Å². The summed E-state index contributed by atoms with van der Waals surface area (Å²) in [6, 6.07) is 17.8. The Morgan fingerprint density at radius 1 is 1.07 bits per heavy atom. The molecule has 2 aromatic heterocycles. The molecule has 5 rings (SSSR count). The van der Waals surface area contributed by atoms with Gasteiger partial charge in [-0.15, -0.1) is 0 Å².